The SMILES string of the molecule is CC(C)N1CCc2ccc(OCc3ccncc3)cc21. The summed E-state index contributed by atoms with van der Waals surface area (Å²) in [5.41, 5.74) is 3.89. The smallest absolute Gasteiger partial charge is 0.121 e. The molecule has 1 aromatic heterocycles. The highest BCUT2D eigenvalue weighted by atomic mass is 16.5. The van der Waals surface area contributed by atoms with Crippen LogP contribution in [0, 0.1) is 0 Å². The lowest BCUT2D eigenvalue weighted by Gasteiger charge is -2.24. The quantitative estimate of drug-likeness (QED) is 0.849. The van der Waals surface area contributed by atoms with Gasteiger partial charge < -0.3 is 9.64 Å². The molecule has 3 nitrogen and oxygen atoms in total. The average Bonchev–Trinajstić information content (AvgIpc) is 2.89. The second kappa shape index (κ2) is 5.53. The number of hydrogen-bond acceptors (Lipinski definition) is 3. The Morgan fingerprint density at radius 3 is 2.75 bits per heavy atom. The van der Waals surface area contributed by atoms with Crippen LogP contribution in [-0.4, -0.2) is 17.6 Å². The minimum absolute atomic E-state index is 0.534. The first kappa shape index (κ1) is 13.0. The fraction of sp³-hybridized carbons (Fsp3) is 0.353. The third-order valence-corrected chi connectivity index (χ3v) is 3.77. The maximum Gasteiger partial charge on any atom is 0.121 e. The van der Waals surface area contributed by atoms with Gasteiger partial charge in [0.2, 0.25) is 0 Å². The minimum Gasteiger partial charge on any atom is -0.489 e. The van der Waals surface area contributed by atoms with Gasteiger partial charge in [0, 0.05) is 36.7 Å². The van der Waals surface area contributed by atoms with Crippen LogP contribution < -0.4 is 9.64 Å². The second-order valence-electron chi connectivity index (χ2n) is 5.47. The number of fused-ring (bicyclic) bond motifs is 1. The Balaban J connectivity index is 1.74. The van der Waals surface area contributed by atoms with Crippen LogP contribution in [0.4, 0.5) is 5.69 Å². The minimum atomic E-state index is 0.534. The molecule has 0 radical (unpaired) electrons. The summed E-state index contributed by atoms with van der Waals surface area (Å²) in [6.07, 6.45) is 4.72. The molecule has 0 amide bonds. The molecule has 0 saturated carbocycles. The normalized spacial score (nSPS) is 13.7. The van der Waals surface area contributed by atoms with E-state index in [1.54, 1.807) is 12.4 Å². The largest absolute Gasteiger partial charge is 0.489 e. The maximum atomic E-state index is 5.89. The Hall–Kier alpha value is -2.03. The number of nitrogens with zero attached hydrogens (tertiary/aromatic N) is 2. The summed E-state index contributed by atoms with van der Waals surface area (Å²) in [5.74, 6) is 0.938. The molecule has 0 spiro atoms. The molecule has 1 aliphatic rings. The first-order valence-electron chi connectivity index (χ1n) is 7.15. The number of rotatable bonds is 4. The molecule has 2 aromatic rings. The van der Waals surface area contributed by atoms with Crippen LogP contribution >= 0.6 is 0 Å². The highest BCUT2D eigenvalue weighted by Crippen LogP contribution is 2.33. The van der Waals surface area contributed by atoms with Gasteiger partial charge in [-0.2, -0.15) is 0 Å². The van der Waals surface area contributed by atoms with E-state index in [0.717, 1.165) is 24.3 Å². The van der Waals surface area contributed by atoms with Crippen LogP contribution in [0.3, 0.4) is 0 Å². The summed E-state index contributed by atoms with van der Waals surface area (Å²) in [4.78, 5) is 6.45. The summed E-state index contributed by atoms with van der Waals surface area (Å²) in [5, 5.41) is 0. The molecule has 3 rings (SSSR count). The van der Waals surface area contributed by atoms with Gasteiger partial charge in [0.25, 0.3) is 0 Å². The average molecular weight is 268 g/mol. The molecule has 1 aromatic carbocycles. The predicted octanol–water partition coefficient (Wildman–Crippen LogP) is 3.43. The van der Waals surface area contributed by atoms with Crippen LogP contribution in [0.15, 0.2) is 42.7 Å². The van der Waals surface area contributed by atoms with E-state index in [4.69, 9.17) is 4.74 Å². The lowest BCUT2D eigenvalue weighted by Crippen LogP contribution is -2.28. The highest BCUT2D eigenvalue weighted by Gasteiger charge is 2.21. The fourth-order valence-corrected chi connectivity index (χ4v) is 2.66. The summed E-state index contributed by atoms with van der Waals surface area (Å²) >= 11 is 0. The van der Waals surface area contributed by atoms with E-state index in [0.29, 0.717) is 12.6 Å². The van der Waals surface area contributed by atoms with E-state index in [9.17, 15) is 0 Å². The van der Waals surface area contributed by atoms with Crippen molar-refractivity contribution in [1.29, 1.82) is 0 Å². The van der Waals surface area contributed by atoms with E-state index < -0.39 is 0 Å². The van der Waals surface area contributed by atoms with Crippen molar-refractivity contribution in [2.75, 3.05) is 11.4 Å². The number of hydrogen-bond donors (Lipinski definition) is 0. The molecule has 0 aliphatic carbocycles. The second-order valence-corrected chi connectivity index (χ2v) is 5.47. The standard InChI is InChI=1S/C17H20N2O/c1-13(2)19-10-7-15-3-4-16(11-17(15)19)20-12-14-5-8-18-9-6-14/h3-6,8-9,11,13H,7,10,12H2,1-2H3. The molecule has 1 aliphatic heterocycles. The van der Waals surface area contributed by atoms with Gasteiger partial charge in [-0.15, -0.1) is 0 Å². The van der Waals surface area contributed by atoms with Crippen LogP contribution in [0.25, 0.3) is 0 Å². The summed E-state index contributed by atoms with van der Waals surface area (Å²) < 4.78 is 5.89. The number of anilines is 1. The lowest BCUT2D eigenvalue weighted by atomic mass is 10.1. The number of ether oxygens (including phenoxy) is 1. The molecule has 2 heterocycles. The van der Waals surface area contributed by atoms with Crippen molar-refractivity contribution in [1.82, 2.24) is 4.98 Å². The van der Waals surface area contributed by atoms with E-state index in [1.807, 2.05) is 12.1 Å². The molecule has 0 unspecified atom stereocenters. The maximum absolute atomic E-state index is 5.89. The zero-order valence-corrected chi connectivity index (χ0v) is 12.0. The van der Waals surface area contributed by atoms with E-state index in [2.05, 4.69) is 41.9 Å². The first-order chi connectivity index (χ1) is 9.74. The molecule has 0 atom stereocenters. The van der Waals surface area contributed by atoms with Crippen LogP contribution in [-0.2, 0) is 13.0 Å². The van der Waals surface area contributed by atoms with Crippen LogP contribution in [0.2, 0.25) is 0 Å². The van der Waals surface area contributed by atoms with Crippen LogP contribution in [0.1, 0.15) is 25.0 Å². The van der Waals surface area contributed by atoms with Crippen molar-refractivity contribution in [3.8, 4) is 5.75 Å². The third kappa shape index (κ3) is 2.62. The summed E-state index contributed by atoms with van der Waals surface area (Å²) in [6, 6.07) is 10.9. The lowest BCUT2D eigenvalue weighted by molar-refractivity contribution is 0.306. The monoisotopic (exact) mass is 268 g/mol. The number of aromatic nitrogens is 1. The zero-order chi connectivity index (χ0) is 13.9. The van der Waals surface area contributed by atoms with Crippen LogP contribution in [0.5, 0.6) is 5.75 Å². The Kier molecular flexibility index (Phi) is 3.59. The molecule has 0 fully saturated rings. The Labute approximate surface area is 120 Å². The Bertz CT molecular complexity index is 581. The molecular weight excluding hydrogens is 248 g/mol. The van der Waals surface area contributed by atoms with Crippen molar-refractivity contribution in [2.45, 2.75) is 32.9 Å². The zero-order valence-electron chi connectivity index (χ0n) is 12.0. The molecule has 20 heavy (non-hydrogen) atoms. The summed E-state index contributed by atoms with van der Waals surface area (Å²) in [6.45, 7) is 6.17. The molecule has 3 heteroatoms. The molecular formula is C17H20N2O. The van der Waals surface area contributed by atoms with E-state index >= 15 is 0 Å². The molecule has 0 saturated heterocycles. The fourth-order valence-electron chi connectivity index (χ4n) is 2.66. The van der Waals surface area contributed by atoms with Gasteiger partial charge in [-0.25, -0.2) is 0 Å². The molecule has 104 valence electrons. The van der Waals surface area contributed by atoms with Gasteiger partial charge in [-0.1, -0.05) is 6.07 Å². The van der Waals surface area contributed by atoms with Crippen molar-refractivity contribution in [3.63, 3.8) is 0 Å². The van der Waals surface area contributed by atoms with Crippen molar-refractivity contribution in [2.24, 2.45) is 0 Å². The number of pyridine rings is 1. The van der Waals surface area contributed by atoms with E-state index in [-0.39, 0.29) is 0 Å². The van der Waals surface area contributed by atoms with Gasteiger partial charge in [-0.05, 0) is 49.6 Å². The molecule has 0 bridgehead atoms. The van der Waals surface area contributed by atoms with Gasteiger partial charge in [-0.3, -0.25) is 4.98 Å². The highest BCUT2D eigenvalue weighted by molar-refractivity contribution is 5.61. The number of benzene rings is 1. The first-order valence-corrected chi connectivity index (χ1v) is 7.15. The van der Waals surface area contributed by atoms with Gasteiger partial charge >= 0.3 is 0 Å². The van der Waals surface area contributed by atoms with Gasteiger partial charge in [0.15, 0.2) is 0 Å². The summed E-state index contributed by atoms with van der Waals surface area (Å²) in [7, 11) is 0. The Morgan fingerprint density at radius 2 is 2.00 bits per heavy atom. The van der Waals surface area contributed by atoms with Crippen molar-refractivity contribution >= 4 is 5.69 Å². The third-order valence-electron chi connectivity index (χ3n) is 3.77. The van der Waals surface area contributed by atoms with E-state index in [1.165, 1.54) is 11.3 Å². The van der Waals surface area contributed by atoms with Crippen molar-refractivity contribution in [3.05, 3.63) is 53.9 Å². The van der Waals surface area contributed by atoms with Gasteiger partial charge in [0.05, 0.1) is 0 Å². The predicted molar refractivity (Wildman–Crippen MR) is 81.2 cm³/mol. The molecule has 0 N–H and O–H groups in total. The Morgan fingerprint density at radius 1 is 1.20 bits per heavy atom. The van der Waals surface area contributed by atoms with Crippen molar-refractivity contribution < 1.29 is 4.74 Å². The topological polar surface area (TPSA) is 25.4 Å². The van der Waals surface area contributed by atoms with Gasteiger partial charge in [0.1, 0.15) is 12.4 Å².